The third kappa shape index (κ3) is 3.62. The summed E-state index contributed by atoms with van der Waals surface area (Å²) in [6.07, 6.45) is 2.00. The lowest BCUT2D eigenvalue weighted by Gasteiger charge is -2.08. The van der Waals surface area contributed by atoms with E-state index in [9.17, 15) is 23.7 Å². The molecule has 0 bridgehead atoms. The van der Waals surface area contributed by atoms with Gasteiger partial charge >= 0.3 is 0 Å². The molecule has 108 valence electrons. The number of nitrogens with one attached hydrogen (secondary N) is 2. The maximum Gasteiger partial charge on any atom is 0.275 e. The Hall–Kier alpha value is -2.25. The minimum Gasteiger partial charge on any atom is -0.380 e. The van der Waals surface area contributed by atoms with Gasteiger partial charge in [0.15, 0.2) is 11.6 Å². The van der Waals surface area contributed by atoms with Crippen LogP contribution in [0.15, 0.2) is 12.1 Å². The first-order chi connectivity index (χ1) is 9.47. The molecule has 1 aliphatic carbocycles. The number of benzene rings is 1. The van der Waals surface area contributed by atoms with Gasteiger partial charge in [0.2, 0.25) is 5.91 Å². The third-order valence-corrected chi connectivity index (χ3v) is 2.83. The van der Waals surface area contributed by atoms with Crippen LogP contribution in [0.25, 0.3) is 0 Å². The zero-order valence-corrected chi connectivity index (χ0v) is 10.5. The standard InChI is InChI=1S/C12H13F2N3O3/c13-9-5-8(17(19)20)6-10(14)12(9)15-4-3-11(18)16-7-1-2-7/h5-7,15H,1-4H2,(H,16,18). The van der Waals surface area contributed by atoms with E-state index in [-0.39, 0.29) is 24.9 Å². The summed E-state index contributed by atoms with van der Waals surface area (Å²) in [5.41, 5.74) is -1.12. The molecule has 1 fully saturated rings. The first-order valence-electron chi connectivity index (χ1n) is 6.14. The molecule has 0 saturated heterocycles. The summed E-state index contributed by atoms with van der Waals surface area (Å²) in [5, 5.41) is 15.6. The van der Waals surface area contributed by atoms with Crippen LogP contribution in [0.5, 0.6) is 0 Å². The van der Waals surface area contributed by atoms with E-state index >= 15 is 0 Å². The molecule has 0 aliphatic heterocycles. The van der Waals surface area contributed by atoms with Crippen LogP contribution in [0.2, 0.25) is 0 Å². The highest BCUT2D eigenvalue weighted by atomic mass is 19.1. The summed E-state index contributed by atoms with van der Waals surface area (Å²) in [5.74, 6) is -2.30. The molecule has 2 N–H and O–H groups in total. The van der Waals surface area contributed by atoms with Crippen LogP contribution in [-0.4, -0.2) is 23.4 Å². The Bertz CT molecular complexity index is 524. The summed E-state index contributed by atoms with van der Waals surface area (Å²) >= 11 is 0. The number of nitro groups is 1. The van der Waals surface area contributed by atoms with Crippen molar-refractivity contribution >= 4 is 17.3 Å². The topological polar surface area (TPSA) is 84.3 Å². The van der Waals surface area contributed by atoms with Gasteiger partial charge in [-0.15, -0.1) is 0 Å². The fraction of sp³-hybridized carbons (Fsp3) is 0.417. The highest BCUT2D eigenvalue weighted by Crippen LogP contribution is 2.24. The number of carbonyl (C=O) groups excluding carboxylic acids is 1. The average Bonchev–Trinajstić information content (AvgIpc) is 3.16. The molecule has 1 aromatic rings. The Morgan fingerprint density at radius 1 is 1.35 bits per heavy atom. The zero-order valence-electron chi connectivity index (χ0n) is 10.5. The van der Waals surface area contributed by atoms with Crippen LogP contribution in [0, 0.1) is 21.7 Å². The van der Waals surface area contributed by atoms with Crippen molar-refractivity contribution in [3.05, 3.63) is 33.9 Å². The SMILES string of the molecule is O=C(CCNc1c(F)cc([N+](=O)[O-])cc1F)NC1CC1. The summed E-state index contributed by atoms with van der Waals surface area (Å²) < 4.78 is 27.0. The van der Waals surface area contributed by atoms with Crippen LogP contribution in [0.3, 0.4) is 0 Å². The fourth-order valence-electron chi connectivity index (χ4n) is 1.66. The lowest BCUT2D eigenvalue weighted by atomic mass is 10.2. The molecule has 1 saturated carbocycles. The molecule has 20 heavy (non-hydrogen) atoms. The Labute approximate surface area is 113 Å². The quantitative estimate of drug-likeness (QED) is 0.618. The van der Waals surface area contributed by atoms with Crippen molar-refractivity contribution < 1.29 is 18.5 Å². The van der Waals surface area contributed by atoms with E-state index in [0.29, 0.717) is 12.1 Å². The molecule has 6 nitrogen and oxygen atoms in total. The smallest absolute Gasteiger partial charge is 0.275 e. The van der Waals surface area contributed by atoms with Crippen molar-refractivity contribution in [3.63, 3.8) is 0 Å². The lowest BCUT2D eigenvalue weighted by Crippen LogP contribution is -2.27. The van der Waals surface area contributed by atoms with Crippen LogP contribution in [0.4, 0.5) is 20.2 Å². The van der Waals surface area contributed by atoms with Crippen molar-refractivity contribution in [1.82, 2.24) is 5.32 Å². The number of non-ortho nitro benzene ring substituents is 1. The van der Waals surface area contributed by atoms with Gasteiger partial charge in [-0.25, -0.2) is 8.78 Å². The molecule has 0 unspecified atom stereocenters. The Kier molecular flexibility index (Phi) is 4.11. The first-order valence-corrected chi connectivity index (χ1v) is 6.14. The molecule has 0 aromatic heterocycles. The predicted molar refractivity (Wildman–Crippen MR) is 67.3 cm³/mol. The number of amides is 1. The van der Waals surface area contributed by atoms with E-state index in [4.69, 9.17) is 0 Å². The molecule has 1 aliphatic rings. The molecular weight excluding hydrogens is 272 g/mol. The van der Waals surface area contributed by atoms with Gasteiger partial charge in [0.1, 0.15) is 5.69 Å². The van der Waals surface area contributed by atoms with Crippen molar-refractivity contribution in [3.8, 4) is 0 Å². The number of halogens is 2. The Morgan fingerprint density at radius 3 is 2.45 bits per heavy atom. The van der Waals surface area contributed by atoms with E-state index in [2.05, 4.69) is 10.6 Å². The van der Waals surface area contributed by atoms with Gasteiger partial charge in [0, 0.05) is 19.0 Å². The summed E-state index contributed by atoms with van der Waals surface area (Å²) in [6.45, 7) is 0.0458. The van der Waals surface area contributed by atoms with E-state index in [1.165, 1.54) is 0 Å². The van der Waals surface area contributed by atoms with Crippen molar-refractivity contribution in [2.75, 3.05) is 11.9 Å². The molecule has 0 heterocycles. The van der Waals surface area contributed by atoms with E-state index in [1.54, 1.807) is 0 Å². The Morgan fingerprint density at radius 2 is 1.95 bits per heavy atom. The maximum atomic E-state index is 13.5. The van der Waals surface area contributed by atoms with Gasteiger partial charge < -0.3 is 10.6 Å². The number of carbonyl (C=O) groups is 1. The minimum absolute atomic E-state index is 0.0458. The predicted octanol–water partition coefficient (Wildman–Crippen LogP) is 1.95. The lowest BCUT2D eigenvalue weighted by molar-refractivity contribution is -0.385. The van der Waals surface area contributed by atoms with Crippen LogP contribution >= 0.6 is 0 Å². The Balaban J connectivity index is 1.91. The molecule has 0 atom stereocenters. The summed E-state index contributed by atoms with van der Waals surface area (Å²) in [4.78, 5) is 20.9. The minimum atomic E-state index is -1.06. The number of nitrogens with zero attached hydrogens (tertiary/aromatic N) is 1. The van der Waals surface area contributed by atoms with Crippen LogP contribution in [-0.2, 0) is 4.79 Å². The molecule has 8 heteroatoms. The number of hydrogen-bond donors (Lipinski definition) is 2. The van der Waals surface area contributed by atoms with Crippen molar-refractivity contribution in [2.24, 2.45) is 0 Å². The van der Waals surface area contributed by atoms with Gasteiger partial charge in [-0.1, -0.05) is 0 Å². The number of hydrogen-bond acceptors (Lipinski definition) is 4. The monoisotopic (exact) mass is 285 g/mol. The first kappa shape index (κ1) is 14.2. The van der Waals surface area contributed by atoms with Gasteiger partial charge in [-0.2, -0.15) is 0 Å². The second-order valence-electron chi connectivity index (χ2n) is 4.56. The summed E-state index contributed by atoms with van der Waals surface area (Å²) in [7, 11) is 0. The van der Waals surface area contributed by atoms with E-state index < -0.39 is 27.9 Å². The second-order valence-corrected chi connectivity index (χ2v) is 4.56. The van der Waals surface area contributed by atoms with E-state index in [0.717, 1.165) is 12.8 Å². The number of anilines is 1. The molecular formula is C12H13F2N3O3. The maximum absolute atomic E-state index is 13.5. The fourth-order valence-corrected chi connectivity index (χ4v) is 1.66. The summed E-state index contributed by atoms with van der Waals surface area (Å²) in [6, 6.07) is 1.50. The van der Waals surface area contributed by atoms with Gasteiger partial charge in [-0.05, 0) is 12.8 Å². The average molecular weight is 285 g/mol. The van der Waals surface area contributed by atoms with Gasteiger partial charge in [0.05, 0.1) is 17.1 Å². The molecule has 0 radical (unpaired) electrons. The second kappa shape index (κ2) is 5.81. The normalized spacial score (nSPS) is 13.9. The molecule has 1 aromatic carbocycles. The van der Waals surface area contributed by atoms with Crippen LogP contribution < -0.4 is 10.6 Å². The number of rotatable bonds is 6. The van der Waals surface area contributed by atoms with Crippen molar-refractivity contribution in [1.29, 1.82) is 0 Å². The van der Waals surface area contributed by atoms with Crippen LogP contribution in [0.1, 0.15) is 19.3 Å². The van der Waals surface area contributed by atoms with Gasteiger partial charge in [0.25, 0.3) is 5.69 Å². The molecule has 0 spiro atoms. The van der Waals surface area contributed by atoms with Gasteiger partial charge in [-0.3, -0.25) is 14.9 Å². The number of nitro benzene ring substituents is 1. The van der Waals surface area contributed by atoms with E-state index in [1.807, 2.05) is 0 Å². The molecule has 1 amide bonds. The highest BCUT2D eigenvalue weighted by molar-refractivity contribution is 5.77. The zero-order chi connectivity index (χ0) is 14.7. The highest BCUT2D eigenvalue weighted by Gasteiger charge is 2.23. The van der Waals surface area contributed by atoms with Crippen molar-refractivity contribution in [2.45, 2.75) is 25.3 Å². The molecule has 2 rings (SSSR count). The largest absolute Gasteiger partial charge is 0.380 e. The third-order valence-electron chi connectivity index (χ3n) is 2.83.